The first-order chi connectivity index (χ1) is 10.2. The standard InChI is InChI=1S/C18H21FN2/c1-14-4-7-16(19)12-18(14)20-13-15-5-8-17(9-6-15)21-10-2-3-11-21/h4-9,12,20H,2-3,10-11,13H2,1H3. The zero-order valence-corrected chi connectivity index (χ0v) is 12.4. The molecule has 0 spiro atoms. The molecule has 21 heavy (non-hydrogen) atoms. The van der Waals surface area contributed by atoms with Gasteiger partial charge in [-0.3, -0.25) is 0 Å². The molecule has 3 heteroatoms. The van der Waals surface area contributed by atoms with E-state index in [0.717, 1.165) is 11.3 Å². The molecule has 2 aromatic rings. The van der Waals surface area contributed by atoms with Gasteiger partial charge < -0.3 is 10.2 Å². The summed E-state index contributed by atoms with van der Waals surface area (Å²) in [4.78, 5) is 2.42. The molecule has 2 nitrogen and oxygen atoms in total. The van der Waals surface area contributed by atoms with E-state index >= 15 is 0 Å². The first-order valence-corrected chi connectivity index (χ1v) is 7.56. The van der Waals surface area contributed by atoms with Gasteiger partial charge in [-0.05, 0) is 55.2 Å². The molecule has 1 saturated heterocycles. The van der Waals surface area contributed by atoms with Crippen LogP contribution in [0.2, 0.25) is 0 Å². The van der Waals surface area contributed by atoms with Crippen LogP contribution in [-0.4, -0.2) is 13.1 Å². The van der Waals surface area contributed by atoms with Crippen molar-refractivity contribution in [3.05, 3.63) is 59.4 Å². The zero-order chi connectivity index (χ0) is 14.7. The van der Waals surface area contributed by atoms with Crippen LogP contribution in [0.4, 0.5) is 15.8 Å². The third kappa shape index (κ3) is 3.35. The third-order valence-electron chi connectivity index (χ3n) is 4.09. The maximum absolute atomic E-state index is 13.3. The summed E-state index contributed by atoms with van der Waals surface area (Å²) in [6.45, 7) is 5.03. The Labute approximate surface area is 125 Å². The minimum Gasteiger partial charge on any atom is -0.381 e. The van der Waals surface area contributed by atoms with Gasteiger partial charge in [-0.1, -0.05) is 18.2 Å². The van der Waals surface area contributed by atoms with Crippen LogP contribution in [0.1, 0.15) is 24.0 Å². The van der Waals surface area contributed by atoms with Crippen molar-refractivity contribution >= 4 is 11.4 Å². The van der Waals surface area contributed by atoms with Gasteiger partial charge in [0, 0.05) is 31.0 Å². The van der Waals surface area contributed by atoms with Gasteiger partial charge in [0.15, 0.2) is 0 Å². The summed E-state index contributed by atoms with van der Waals surface area (Å²) in [6, 6.07) is 13.5. The van der Waals surface area contributed by atoms with Gasteiger partial charge in [-0.2, -0.15) is 0 Å². The summed E-state index contributed by atoms with van der Waals surface area (Å²) in [5.74, 6) is -0.201. The summed E-state index contributed by atoms with van der Waals surface area (Å²) < 4.78 is 13.3. The van der Waals surface area contributed by atoms with Crippen molar-refractivity contribution in [2.75, 3.05) is 23.3 Å². The lowest BCUT2D eigenvalue weighted by Gasteiger charge is -2.18. The van der Waals surface area contributed by atoms with Gasteiger partial charge in [0.2, 0.25) is 0 Å². The number of benzene rings is 2. The monoisotopic (exact) mass is 284 g/mol. The molecule has 1 heterocycles. The molecule has 0 aromatic heterocycles. The molecule has 0 unspecified atom stereocenters. The maximum atomic E-state index is 13.3. The molecule has 0 bridgehead atoms. The zero-order valence-electron chi connectivity index (χ0n) is 12.4. The fourth-order valence-corrected chi connectivity index (χ4v) is 2.78. The Kier molecular flexibility index (Phi) is 4.09. The predicted octanol–water partition coefficient (Wildman–Crippen LogP) is 4.35. The molecule has 1 fully saturated rings. The number of aryl methyl sites for hydroxylation is 1. The first kappa shape index (κ1) is 13.9. The SMILES string of the molecule is Cc1ccc(F)cc1NCc1ccc(N2CCCC2)cc1. The number of nitrogens with one attached hydrogen (secondary N) is 1. The normalized spacial score (nSPS) is 14.5. The first-order valence-electron chi connectivity index (χ1n) is 7.56. The Balaban J connectivity index is 1.64. The van der Waals surface area contributed by atoms with E-state index in [1.54, 1.807) is 12.1 Å². The minimum absolute atomic E-state index is 0.201. The van der Waals surface area contributed by atoms with E-state index in [-0.39, 0.29) is 5.82 Å². The molecule has 2 aromatic carbocycles. The van der Waals surface area contributed by atoms with Gasteiger partial charge in [0.1, 0.15) is 5.82 Å². The molecule has 1 N–H and O–H groups in total. The Bertz CT molecular complexity index is 601. The molecule has 110 valence electrons. The van der Waals surface area contributed by atoms with Crippen molar-refractivity contribution in [2.24, 2.45) is 0 Å². The summed E-state index contributed by atoms with van der Waals surface area (Å²) in [6.07, 6.45) is 2.59. The molecule has 0 radical (unpaired) electrons. The summed E-state index contributed by atoms with van der Waals surface area (Å²) >= 11 is 0. The van der Waals surface area contributed by atoms with Crippen LogP contribution in [0.3, 0.4) is 0 Å². The van der Waals surface area contributed by atoms with Crippen LogP contribution in [0.5, 0.6) is 0 Å². The molecule has 1 aliphatic rings. The second-order valence-electron chi connectivity index (χ2n) is 5.67. The lowest BCUT2D eigenvalue weighted by molar-refractivity contribution is 0.628. The van der Waals surface area contributed by atoms with Crippen molar-refractivity contribution in [2.45, 2.75) is 26.3 Å². The van der Waals surface area contributed by atoms with Gasteiger partial charge in [0.25, 0.3) is 0 Å². The van der Waals surface area contributed by atoms with Crippen LogP contribution in [-0.2, 0) is 6.54 Å². The van der Waals surface area contributed by atoms with Crippen molar-refractivity contribution < 1.29 is 4.39 Å². The second-order valence-corrected chi connectivity index (χ2v) is 5.67. The average molecular weight is 284 g/mol. The second kappa shape index (κ2) is 6.17. The highest BCUT2D eigenvalue weighted by molar-refractivity contribution is 5.52. The topological polar surface area (TPSA) is 15.3 Å². The Morgan fingerprint density at radius 3 is 2.48 bits per heavy atom. The fourth-order valence-electron chi connectivity index (χ4n) is 2.78. The smallest absolute Gasteiger partial charge is 0.125 e. The largest absolute Gasteiger partial charge is 0.381 e. The van der Waals surface area contributed by atoms with Gasteiger partial charge in [0.05, 0.1) is 0 Å². The molecular weight excluding hydrogens is 263 g/mol. The molecular formula is C18H21FN2. The highest BCUT2D eigenvalue weighted by Crippen LogP contribution is 2.21. The quantitative estimate of drug-likeness (QED) is 0.898. The third-order valence-corrected chi connectivity index (χ3v) is 4.09. The van der Waals surface area contributed by atoms with Crippen LogP contribution in [0.15, 0.2) is 42.5 Å². The Hall–Kier alpha value is -2.03. The molecule has 0 amide bonds. The van der Waals surface area contributed by atoms with Gasteiger partial charge >= 0.3 is 0 Å². The lowest BCUT2D eigenvalue weighted by atomic mass is 10.1. The number of hydrogen-bond acceptors (Lipinski definition) is 2. The number of nitrogens with zero attached hydrogens (tertiary/aromatic N) is 1. The molecule has 0 saturated carbocycles. The number of hydrogen-bond donors (Lipinski definition) is 1. The predicted molar refractivity (Wildman–Crippen MR) is 86.4 cm³/mol. The van der Waals surface area contributed by atoms with E-state index in [4.69, 9.17) is 0 Å². The Morgan fingerprint density at radius 1 is 1.05 bits per heavy atom. The van der Waals surface area contributed by atoms with Crippen LogP contribution in [0.25, 0.3) is 0 Å². The van der Waals surface area contributed by atoms with Crippen LogP contribution < -0.4 is 10.2 Å². The van der Waals surface area contributed by atoms with Crippen molar-refractivity contribution in [1.82, 2.24) is 0 Å². The van der Waals surface area contributed by atoms with Crippen LogP contribution >= 0.6 is 0 Å². The minimum atomic E-state index is -0.201. The van der Waals surface area contributed by atoms with Crippen molar-refractivity contribution in [1.29, 1.82) is 0 Å². The van der Waals surface area contributed by atoms with Crippen LogP contribution in [0, 0.1) is 12.7 Å². The molecule has 1 aliphatic heterocycles. The fraction of sp³-hybridized carbons (Fsp3) is 0.333. The number of anilines is 2. The average Bonchev–Trinajstić information content (AvgIpc) is 3.03. The molecule has 0 atom stereocenters. The summed E-state index contributed by atoms with van der Waals surface area (Å²) in [7, 11) is 0. The highest BCUT2D eigenvalue weighted by Gasteiger charge is 2.11. The van der Waals surface area contributed by atoms with E-state index in [9.17, 15) is 4.39 Å². The molecule has 3 rings (SSSR count). The summed E-state index contributed by atoms with van der Waals surface area (Å²) in [5, 5.41) is 3.31. The molecule has 0 aliphatic carbocycles. The van der Waals surface area contributed by atoms with E-state index < -0.39 is 0 Å². The number of halogens is 1. The Morgan fingerprint density at radius 2 is 1.76 bits per heavy atom. The van der Waals surface area contributed by atoms with E-state index in [2.05, 4.69) is 34.5 Å². The van der Waals surface area contributed by atoms with E-state index in [0.29, 0.717) is 6.54 Å². The lowest BCUT2D eigenvalue weighted by Crippen LogP contribution is -2.17. The van der Waals surface area contributed by atoms with Crippen molar-refractivity contribution in [3.63, 3.8) is 0 Å². The van der Waals surface area contributed by atoms with E-state index in [1.165, 1.54) is 43.2 Å². The van der Waals surface area contributed by atoms with Crippen molar-refractivity contribution in [3.8, 4) is 0 Å². The maximum Gasteiger partial charge on any atom is 0.125 e. The number of rotatable bonds is 4. The highest BCUT2D eigenvalue weighted by atomic mass is 19.1. The van der Waals surface area contributed by atoms with E-state index in [1.807, 2.05) is 6.92 Å². The summed E-state index contributed by atoms with van der Waals surface area (Å²) in [5.41, 5.74) is 4.43. The van der Waals surface area contributed by atoms with Gasteiger partial charge in [-0.15, -0.1) is 0 Å². The van der Waals surface area contributed by atoms with Gasteiger partial charge in [-0.25, -0.2) is 4.39 Å².